The number of rotatable bonds is 3. The molecule has 4 heteroatoms. The average Bonchev–Trinajstić information content (AvgIpc) is 2.15. The fourth-order valence-electron chi connectivity index (χ4n) is 1.02. The predicted molar refractivity (Wildman–Crippen MR) is 46.7 cm³/mol. The van der Waals surface area contributed by atoms with Gasteiger partial charge in [0, 0.05) is 11.6 Å². The second-order valence-corrected chi connectivity index (χ2v) is 2.42. The summed E-state index contributed by atoms with van der Waals surface area (Å²) in [6.07, 6.45) is 1.65. The van der Waals surface area contributed by atoms with Crippen LogP contribution >= 0.6 is 0 Å². The Morgan fingerprint density at radius 3 is 2.85 bits per heavy atom. The molecule has 0 bridgehead atoms. The number of benzene rings is 1. The molecule has 1 aromatic carbocycles. The minimum Gasteiger partial charge on any atom is -0.258 e. The number of nitro benzene ring substituents is 1. The topological polar surface area (TPSA) is 66.9 Å². The lowest BCUT2D eigenvalue weighted by atomic mass is 10.1. The highest BCUT2D eigenvalue weighted by Gasteiger charge is 2.10. The summed E-state index contributed by atoms with van der Waals surface area (Å²) in [6.45, 7) is 0. The molecule has 0 fully saturated rings. The Morgan fingerprint density at radius 2 is 2.23 bits per heavy atom. The Balaban J connectivity index is 2.92. The van der Waals surface area contributed by atoms with Crippen LogP contribution in [-0.2, 0) is 6.42 Å². The van der Waals surface area contributed by atoms with E-state index in [0.29, 0.717) is 12.0 Å². The van der Waals surface area contributed by atoms with Crippen molar-refractivity contribution in [1.82, 2.24) is 0 Å². The van der Waals surface area contributed by atoms with Crippen LogP contribution in [0.15, 0.2) is 24.3 Å². The van der Waals surface area contributed by atoms with Gasteiger partial charge in [-0.1, -0.05) is 18.2 Å². The van der Waals surface area contributed by atoms with Crippen LogP contribution in [0.5, 0.6) is 0 Å². The molecular formula is C9H7N2O2. The van der Waals surface area contributed by atoms with Crippen LogP contribution in [0.3, 0.4) is 0 Å². The molecule has 4 nitrogen and oxygen atoms in total. The highest BCUT2D eigenvalue weighted by atomic mass is 16.6. The van der Waals surface area contributed by atoms with Crippen LogP contribution in [0, 0.1) is 27.9 Å². The molecule has 65 valence electrons. The quantitative estimate of drug-likeness (QED) is 0.520. The summed E-state index contributed by atoms with van der Waals surface area (Å²) in [4.78, 5) is 10.0. The highest BCUT2D eigenvalue weighted by molar-refractivity contribution is 5.41. The molecule has 0 aliphatic carbocycles. The predicted octanol–water partition coefficient (Wildman–Crippen LogP) is 1.87. The lowest BCUT2D eigenvalue weighted by Crippen LogP contribution is -1.94. The van der Waals surface area contributed by atoms with E-state index >= 15 is 0 Å². The summed E-state index contributed by atoms with van der Waals surface area (Å²) in [5.74, 6) is 0. The normalized spacial score (nSPS) is 9.15. The van der Waals surface area contributed by atoms with E-state index in [-0.39, 0.29) is 5.69 Å². The molecule has 1 radical (unpaired) electrons. The number of nitro groups is 1. The van der Waals surface area contributed by atoms with Gasteiger partial charge in [-0.15, -0.1) is 0 Å². The molecule has 1 aromatic rings. The number of hydrogen-bond donors (Lipinski definition) is 0. The first-order valence-electron chi connectivity index (χ1n) is 3.69. The van der Waals surface area contributed by atoms with Gasteiger partial charge in [0.05, 0.1) is 17.4 Å². The van der Waals surface area contributed by atoms with Gasteiger partial charge in [-0.3, -0.25) is 10.1 Å². The van der Waals surface area contributed by atoms with E-state index in [1.54, 1.807) is 18.2 Å². The fourth-order valence-corrected chi connectivity index (χ4v) is 1.02. The largest absolute Gasteiger partial charge is 0.272 e. The molecule has 0 aliphatic heterocycles. The van der Waals surface area contributed by atoms with Gasteiger partial charge in [-0.25, -0.2) is 0 Å². The van der Waals surface area contributed by atoms with E-state index in [1.165, 1.54) is 12.5 Å². The Bertz CT molecular complexity index is 355. The SMILES string of the molecule is N#C[CH]Cc1ccccc1[N+](=O)[O-]. The molecule has 0 aliphatic rings. The maximum absolute atomic E-state index is 10.5. The molecule has 0 saturated heterocycles. The van der Waals surface area contributed by atoms with E-state index in [4.69, 9.17) is 5.26 Å². The summed E-state index contributed by atoms with van der Waals surface area (Å²) >= 11 is 0. The van der Waals surface area contributed by atoms with Gasteiger partial charge in [0.1, 0.15) is 0 Å². The van der Waals surface area contributed by atoms with E-state index < -0.39 is 4.92 Å². The summed E-state index contributed by atoms with van der Waals surface area (Å²) in [5, 5.41) is 18.8. The minimum atomic E-state index is -0.444. The Morgan fingerprint density at radius 1 is 1.54 bits per heavy atom. The molecule has 0 spiro atoms. The Labute approximate surface area is 75.6 Å². The molecule has 0 amide bonds. The van der Waals surface area contributed by atoms with Crippen molar-refractivity contribution in [2.75, 3.05) is 0 Å². The standard InChI is InChI=1S/C9H7N2O2/c10-7-3-5-8-4-1-2-6-9(8)11(12)13/h1-4,6H,5H2. The molecular weight excluding hydrogens is 168 g/mol. The summed E-state index contributed by atoms with van der Waals surface area (Å²) in [6, 6.07) is 8.23. The van der Waals surface area contributed by atoms with Crippen molar-refractivity contribution in [2.45, 2.75) is 6.42 Å². The molecule has 0 heterocycles. The fraction of sp³-hybridized carbons (Fsp3) is 0.111. The van der Waals surface area contributed by atoms with Crippen LogP contribution in [0.1, 0.15) is 5.56 Å². The Hall–Kier alpha value is -1.89. The zero-order chi connectivity index (χ0) is 9.68. The first kappa shape index (κ1) is 9.20. The van der Waals surface area contributed by atoms with Crippen LogP contribution in [0.4, 0.5) is 5.69 Å². The highest BCUT2D eigenvalue weighted by Crippen LogP contribution is 2.18. The van der Waals surface area contributed by atoms with E-state index in [9.17, 15) is 10.1 Å². The smallest absolute Gasteiger partial charge is 0.258 e. The van der Waals surface area contributed by atoms with Crippen molar-refractivity contribution in [3.63, 3.8) is 0 Å². The van der Waals surface area contributed by atoms with E-state index in [2.05, 4.69) is 0 Å². The van der Waals surface area contributed by atoms with Gasteiger partial charge < -0.3 is 0 Å². The van der Waals surface area contributed by atoms with E-state index in [0.717, 1.165) is 0 Å². The van der Waals surface area contributed by atoms with Gasteiger partial charge in [0.15, 0.2) is 0 Å². The molecule has 0 unspecified atom stereocenters. The first-order valence-corrected chi connectivity index (χ1v) is 3.69. The first-order chi connectivity index (χ1) is 6.25. The van der Waals surface area contributed by atoms with Gasteiger partial charge >= 0.3 is 0 Å². The van der Waals surface area contributed by atoms with Crippen molar-refractivity contribution in [1.29, 1.82) is 5.26 Å². The molecule has 0 saturated carbocycles. The van der Waals surface area contributed by atoms with Gasteiger partial charge in [0.2, 0.25) is 0 Å². The number of hydrogen-bond acceptors (Lipinski definition) is 3. The third-order valence-corrected chi connectivity index (χ3v) is 1.60. The maximum Gasteiger partial charge on any atom is 0.272 e. The van der Waals surface area contributed by atoms with Crippen molar-refractivity contribution in [2.24, 2.45) is 0 Å². The molecule has 0 atom stereocenters. The third kappa shape index (κ3) is 2.27. The third-order valence-electron chi connectivity index (χ3n) is 1.60. The molecule has 0 aromatic heterocycles. The zero-order valence-electron chi connectivity index (χ0n) is 6.80. The molecule has 0 N–H and O–H groups in total. The van der Waals surface area contributed by atoms with Crippen molar-refractivity contribution in [3.05, 3.63) is 46.4 Å². The second kappa shape index (κ2) is 4.21. The lowest BCUT2D eigenvalue weighted by Gasteiger charge is -1.97. The van der Waals surface area contributed by atoms with Crippen molar-refractivity contribution in [3.8, 4) is 6.07 Å². The van der Waals surface area contributed by atoms with Crippen molar-refractivity contribution >= 4 is 5.69 Å². The monoisotopic (exact) mass is 175 g/mol. The van der Waals surface area contributed by atoms with Gasteiger partial charge in [-0.2, -0.15) is 5.26 Å². The molecule has 1 rings (SSSR count). The van der Waals surface area contributed by atoms with Gasteiger partial charge in [-0.05, 0) is 6.42 Å². The van der Waals surface area contributed by atoms with Gasteiger partial charge in [0.25, 0.3) is 5.69 Å². The minimum absolute atomic E-state index is 0.0639. The second-order valence-electron chi connectivity index (χ2n) is 2.42. The summed E-state index contributed by atoms with van der Waals surface area (Å²) in [7, 11) is 0. The van der Waals surface area contributed by atoms with Crippen LogP contribution in [-0.4, -0.2) is 4.92 Å². The maximum atomic E-state index is 10.5. The van der Waals surface area contributed by atoms with Crippen LogP contribution < -0.4 is 0 Å². The summed E-state index contributed by atoms with van der Waals surface area (Å²) < 4.78 is 0. The van der Waals surface area contributed by atoms with E-state index in [1.807, 2.05) is 6.07 Å². The average molecular weight is 175 g/mol. The summed E-state index contributed by atoms with van der Waals surface area (Å²) in [5.41, 5.74) is 0.628. The zero-order valence-corrected chi connectivity index (χ0v) is 6.80. The van der Waals surface area contributed by atoms with Crippen LogP contribution in [0.2, 0.25) is 0 Å². The van der Waals surface area contributed by atoms with Crippen molar-refractivity contribution < 1.29 is 4.92 Å². The number of para-hydroxylation sites is 1. The number of nitrogens with zero attached hydrogens (tertiary/aromatic N) is 2. The molecule has 13 heavy (non-hydrogen) atoms. The lowest BCUT2D eigenvalue weighted by molar-refractivity contribution is -0.385. The number of nitriles is 1. The Kier molecular flexibility index (Phi) is 2.98. The van der Waals surface area contributed by atoms with Crippen LogP contribution in [0.25, 0.3) is 0 Å².